The molecule has 1 N–H and O–H groups in total. The monoisotopic (exact) mass is 532 g/mol. The van der Waals surface area contributed by atoms with Crippen molar-refractivity contribution >= 4 is 49.4 Å². The van der Waals surface area contributed by atoms with Crippen LogP contribution in [-0.2, 0) is 0 Å². The third-order valence-electron chi connectivity index (χ3n) is 5.67. The number of oxazole rings is 1. The lowest BCUT2D eigenvalue weighted by Crippen LogP contribution is -2.13. The minimum atomic E-state index is -0.295. The number of hydrogen-bond acceptors (Lipinski definition) is 6. The zero-order valence-corrected chi connectivity index (χ0v) is 20.8. The Balaban J connectivity index is 1.46. The van der Waals surface area contributed by atoms with E-state index in [1.807, 2.05) is 36.4 Å². The van der Waals surface area contributed by atoms with Crippen molar-refractivity contribution in [1.29, 1.82) is 0 Å². The lowest BCUT2D eigenvalue weighted by molar-refractivity contribution is 0.102. The highest BCUT2D eigenvalue weighted by Crippen LogP contribution is 2.37. The molecule has 0 saturated heterocycles. The summed E-state index contributed by atoms with van der Waals surface area (Å²) >= 11 is 3.58. The van der Waals surface area contributed by atoms with Gasteiger partial charge in [0.1, 0.15) is 11.3 Å². The Hall–Kier alpha value is -4.04. The molecule has 4 aromatic carbocycles. The predicted molar refractivity (Wildman–Crippen MR) is 139 cm³/mol. The number of anilines is 1. The van der Waals surface area contributed by atoms with Crippen LogP contribution in [0.5, 0.6) is 17.2 Å². The fourth-order valence-corrected chi connectivity index (χ4v) is 4.69. The molecule has 0 fully saturated rings. The van der Waals surface area contributed by atoms with Crippen LogP contribution in [0.15, 0.2) is 75.6 Å². The van der Waals surface area contributed by atoms with Gasteiger partial charge in [-0.25, -0.2) is 4.98 Å². The first kappa shape index (κ1) is 22.7. The van der Waals surface area contributed by atoms with E-state index in [4.69, 9.17) is 18.6 Å². The van der Waals surface area contributed by atoms with Gasteiger partial charge in [-0.15, -0.1) is 0 Å². The number of halogens is 1. The second-order valence-electron chi connectivity index (χ2n) is 7.72. The van der Waals surface area contributed by atoms with Crippen molar-refractivity contribution in [2.45, 2.75) is 0 Å². The van der Waals surface area contributed by atoms with Crippen LogP contribution in [0.1, 0.15) is 10.4 Å². The number of aromatic nitrogens is 1. The minimum absolute atomic E-state index is 0.295. The van der Waals surface area contributed by atoms with E-state index < -0.39 is 0 Å². The van der Waals surface area contributed by atoms with E-state index in [9.17, 15) is 4.79 Å². The molecule has 0 unspecified atom stereocenters. The molecule has 0 aliphatic heterocycles. The van der Waals surface area contributed by atoms with Crippen molar-refractivity contribution in [3.8, 4) is 28.7 Å². The van der Waals surface area contributed by atoms with Gasteiger partial charge in [-0.3, -0.25) is 4.79 Å². The number of rotatable bonds is 6. The Kier molecular flexibility index (Phi) is 6.05. The summed E-state index contributed by atoms with van der Waals surface area (Å²) in [6, 6.07) is 20.4. The maximum absolute atomic E-state index is 13.2. The van der Waals surface area contributed by atoms with Gasteiger partial charge < -0.3 is 23.9 Å². The summed E-state index contributed by atoms with van der Waals surface area (Å²) in [5, 5.41) is 4.83. The SMILES string of the molecule is COc1ccc(-c2nc3cc(NC(=O)c4cc5ccccc5c(Br)c4OC)ccc3o2)cc1OC. The molecular formula is C27H21BrN2O5. The van der Waals surface area contributed by atoms with Gasteiger partial charge in [0.25, 0.3) is 5.91 Å². The van der Waals surface area contributed by atoms with Crippen molar-refractivity contribution in [3.63, 3.8) is 0 Å². The first-order valence-corrected chi connectivity index (χ1v) is 11.5. The second kappa shape index (κ2) is 9.31. The second-order valence-corrected chi connectivity index (χ2v) is 8.51. The van der Waals surface area contributed by atoms with E-state index in [0.29, 0.717) is 45.5 Å². The molecule has 0 spiro atoms. The number of carbonyl (C=O) groups is 1. The summed E-state index contributed by atoms with van der Waals surface area (Å²) in [6.45, 7) is 0. The standard InChI is InChI=1S/C27H21BrN2O5/c1-32-22-10-8-16(13-23(22)33-2)27-30-20-14-17(9-11-21(20)35-27)29-26(31)19-12-15-6-4-5-7-18(15)24(28)25(19)34-3/h4-14H,1-3H3,(H,29,31). The normalized spacial score (nSPS) is 11.0. The summed E-state index contributed by atoms with van der Waals surface area (Å²) in [6.07, 6.45) is 0. The van der Waals surface area contributed by atoms with Crippen molar-refractivity contribution in [2.24, 2.45) is 0 Å². The predicted octanol–water partition coefficient (Wildman–Crippen LogP) is 6.69. The van der Waals surface area contributed by atoms with Crippen LogP contribution in [0.3, 0.4) is 0 Å². The molecule has 1 amide bonds. The van der Waals surface area contributed by atoms with E-state index in [1.165, 1.54) is 0 Å². The van der Waals surface area contributed by atoms with Crippen molar-refractivity contribution in [3.05, 3.63) is 76.8 Å². The molecule has 0 aliphatic carbocycles. The van der Waals surface area contributed by atoms with Crippen LogP contribution in [0.25, 0.3) is 33.3 Å². The molecule has 8 heteroatoms. The molecule has 7 nitrogen and oxygen atoms in total. The van der Waals surface area contributed by atoms with Gasteiger partial charge in [-0.05, 0) is 69.2 Å². The summed E-state index contributed by atoms with van der Waals surface area (Å²) in [7, 11) is 4.70. The molecule has 0 radical (unpaired) electrons. The van der Waals surface area contributed by atoms with E-state index in [-0.39, 0.29) is 5.91 Å². The Morgan fingerprint density at radius 3 is 2.49 bits per heavy atom. The van der Waals surface area contributed by atoms with Gasteiger partial charge in [-0.1, -0.05) is 24.3 Å². The highest BCUT2D eigenvalue weighted by Gasteiger charge is 2.19. The summed E-state index contributed by atoms with van der Waals surface area (Å²) < 4.78 is 22.9. The average molecular weight is 533 g/mol. The van der Waals surface area contributed by atoms with Crippen molar-refractivity contribution in [1.82, 2.24) is 4.98 Å². The molecular weight excluding hydrogens is 512 g/mol. The van der Waals surface area contributed by atoms with Crippen molar-refractivity contribution in [2.75, 3.05) is 26.6 Å². The number of carbonyl (C=O) groups excluding carboxylic acids is 1. The third kappa shape index (κ3) is 4.17. The largest absolute Gasteiger partial charge is 0.495 e. The molecule has 0 saturated carbocycles. The van der Waals surface area contributed by atoms with Crippen LogP contribution in [0, 0.1) is 0 Å². The third-order valence-corrected chi connectivity index (χ3v) is 6.45. The Labute approximate surface area is 209 Å². The maximum Gasteiger partial charge on any atom is 0.259 e. The highest BCUT2D eigenvalue weighted by atomic mass is 79.9. The van der Waals surface area contributed by atoms with Crippen LogP contribution in [0.2, 0.25) is 0 Å². The first-order valence-electron chi connectivity index (χ1n) is 10.7. The fourth-order valence-electron chi connectivity index (χ4n) is 3.95. The molecule has 0 atom stereocenters. The Morgan fingerprint density at radius 2 is 1.71 bits per heavy atom. The van der Waals surface area contributed by atoms with Gasteiger partial charge in [0, 0.05) is 11.3 Å². The van der Waals surface area contributed by atoms with Crippen LogP contribution in [0.4, 0.5) is 5.69 Å². The van der Waals surface area contributed by atoms with Gasteiger partial charge in [-0.2, -0.15) is 0 Å². The summed E-state index contributed by atoms with van der Waals surface area (Å²) in [5.41, 5.74) is 2.96. The van der Waals surface area contributed by atoms with E-state index in [1.54, 1.807) is 51.7 Å². The topological polar surface area (TPSA) is 82.8 Å². The molecule has 0 aliphatic rings. The van der Waals surface area contributed by atoms with Gasteiger partial charge in [0.15, 0.2) is 17.1 Å². The maximum atomic E-state index is 13.2. The summed E-state index contributed by atoms with van der Waals surface area (Å²) in [5.74, 6) is 1.81. The number of amides is 1. The van der Waals surface area contributed by atoms with Crippen LogP contribution in [-0.4, -0.2) is 32.2 Å². The Bertz CT molecular complexity index is 1580. The number of benzene rings is 4. The minimum Gasteiger partial charge on any atom is -0.495 e. The number of nitrogens with one attached hydrogen (secondary N) is 1. The van der Waals surface area contributed by atoms with E-state index >= 15 is 0 Å². The summed E-state index contributed by atoms with van der Waals surface area (Å²) in [4.78, 5) is 17.8. The smallest absolute Gasteiger partial charge is 0.259 e. The lowest BCUT2D eigenvalue weighted by Gasteiger charge is -2.13. The highest BCUT2D eigenvalue weighted by molar-refractivity contribution is 9.10. The number of nitrogens with zero attached hydrogens (tertiary/aromatic N) is 1. The van der Waals surface area contributed by atoms with Crippen LogP contribution >= 0.6 is 15.9 Å². The van der Waals surface area contributed by atoms with Gasteiger partial charge in [0.2, 0.25) is 5.89 Å². The first-order chi connectivity index (χ1) is 17.0. The Morgan fingerprint density at radius 1 is 0.914 bits per heavy atom. The zero-order valence-electron chi connectivity index (χ0n) is 19.2. The molecule has 176 valence electrons. The van der Waals surface area contributed by atoms with E-state index in [0.717, 1.165) is 20.8 Å². The fraction of sp³-hybridized carbons (Fsp3) is 0.111. The van der Waals surface area contributed by atoms with Gasteiger partial charge >= 0.3 is 0 Å². The molecule has 5 aromatic rings. The molecule has 1 aromatic heterocycles. The molecule has 1 heterocycles. The van der Waals surface area contributed by atoms with Gasteiger partial charge in [0.05, 0.1) is 31.4 Å². The lowest BCUT2D eigenvalue weighted by atomic mass is 10.1. The number of fused-ring (bicyclic) bond motifs is 2. The van der Waals surface area contributed by atoms with E-state index in [2.05, 4.69) is 26.2 Å². The van der Waals surface area contributed by atoms with Crippen LogP contribution < -0.4 is 19.5 Å². The number of ether oxygens (including phenoxy) is 3. The number of methoxy groups -OCH3 is 3. The molecule has 0 bridgehead atoms. The number of hydrogen-bond donors (Lipinski definition) is 1. The average Bonchev–Trinajstić information content (AvgIpc) is 3.31. The van der Waals surface area contributed by atoms with Crippen molar-refractivity contribution < 1.29 is 23.4 Å². The molecule has 5 rings (SSSR count). The quantitative estimate of drug-likeness (QED) is 0.262. The molecule has 35 heavy (non-hydrogen) atoms. The zero-order chi connectivity index (χ0) is 24.5.